The Kier molecular flexibility index (Phi) is 5.62. The second kappa shape index (κ2) is 8.09. The molecule has 0 aliphatic carbocycles. The molecule has 0 saturated heterocycles. The molecule has 0 aromatic heterocycles. The molecule has 0 fully saturated rings. The Hall–Kier alpha value is -2.70. The fourth-order valence-electron chi connectivity index (χ4n) is 4.01. The van der Waals surface area contributed by atoms with Gasteiger partial charge in [-0.1, -0.05) is 53.5 Å². The quantitative estimate of drug-likeness (QED) is 0.462. The van der Waals surface area contributed by atoms with Crippen LogP contribution in [0.4, 0.5) is 18.9 Å². The normalized spacial score (nSPS) is 17.9. The maximum atomic E-state index is 13.3. The van der Waals surface area contributed by atoms with Crippen molar-refractivity contribution in [3.05, 3.63) is 93.5 Å². The number of hydrogen-bond acceptors (Lipinski definition) is 2. The van der Waals surface area contributed by atoms with Crippen molar-refractivity contribution in [3.63, 3.8) is 0 Å². The first-order valence-corrected chi connectivity index (χ1v) is 10.1. The molecule has 3 aromatic carbocycles. The number of carbonyl (C=O) groups is 1. The van der Waals surface area contributed by atoms with Gasteiger partial charge in [0.1, 0.15) is 5.75 Å². The second-order valence-corrected chi connectivity index (χ2v) is 8.28. The molecule has 1 unspecified atom stereocenters. The first-order valence-electron chi connectivity index (χ1n) is 9.35. The molecule has 8 heteroatoms. The lowest BCUT2D eigenvalue weighted by atomic mass is 9.72. The van der Waals surface area contributed by atoms with Gasteiger partial charge in [-0.15, -0.1) is 13.2 Å². The number of carbonyl (C=O) groups excluding carboxylic acids is 1. The number of rotatable bonds is 5. The van der Waals surface area contributed by atoms with Crippen molar-refractivity contribution >= 4 is 34.8 Å². The zero-order valence-corrected chi connectivity index (χ0v) is 17.5. The van der Waals surface area contributed by atoms with Crippen molar-refractivity contribution in [3.8, 4) is 5.75 Å². The summed E-state index contributed by atoms with van der Waals surface area (Å²) < 4.78 is 42.0. The van der Waals surface area contributed by atoms with E-state index in [1.165, 1.54) is 18.2 Å². The number of amides is 1. The van der Waals surface area contributed by atoms with E-state index >= 15 is 0 Å². The van der Waals surface area contributed by atoms with Crippen LogP contribution in [0.25, 0.3) is 0 Å². The van der Waals surface area contributed by atoms with Gasteiger partial charge in [0.05, 0.1) is 5.41 Å². The van der Waals surface area contributed by atoms with Gasteiger partial charge in [-0.25, -0.2) is 0 Å². The van der Waals surface area contributed by atoms with E-state index in [0.29, 0.717) is 27.7 Å². The van der Waals surface area contributed by atoms with Crippen LogP contribution in [0.3, 0.4) is 0 Å². The second-order valence-electron chi connectivity index (χ2n) is 7.40. The van der Waals surface area contributed by atoms with Crippen molar-refractivity contribution in [1.82, 2.24) is 0 Å². The molecule has 31 heavy (non-hydrogen) atoms. The molecule has 0 bridgehead atoms. The molecule has 1 amide bonds. The maximum absolute atomic E-state index is 13.3. The molecule has 3 aromatic rings. The fourth-order valence-corrected chi connectivity index (χ4v) is 4.40. The number of anilines is 1. The standard InChI is InChI=1S/C23H16Cl2F3NO2/c24-16-5-1-3-14(9-16)12-22(19-8-7-17(25)11-20(19)29-21(22)30)13-15-4-2-6-18(10-15)31-23(26,27)28/h1-11H,12-13H2,(H,29,30). The third kappa shape index (κ3) is 4.65. The third-order valence-electron chi connectivity index (χ3n) is 5.21. The van der Waals surface area contributed by atoms with Crippen LogP contribution in [-0.2, 0) is 23.1 Å². The Labute approximate surface area is 186 Å². The van der Waals surface area contributed by atoms with Gasteiger partial charge in [0.15, 0.2) is 0 Å². The highest BCUT2D eigenvalue weighted by Crippen LogP contribution is 2.44. The minimum Gasteiger partial charge on any atom is -0.406 e. The average molecular weight is 466 g/mol. The highest BCUT2D eigenvalue weighted by atomic mass is 35.5. The molecule has 1 atom stereocenters. The highest BCUT2D eigenvalue weighted by Gasteiger charge is 2.47. The van der Waals surface area contributed by atoms with Crippen molar-refractivity contribution in [2.75, 3.05) is 5.32 Å². The number of fused-ring (bicyclic) bond motifs is 1. The Balaban J connectivity index is 1.78. The number of halogens is 5. The van der Waals surface area contributed by atoms with E-state index in [4.69, 9.17) is 23.2 Å². The first kappa shape index (κ1) is 21.5. The number of alkyl halides is 3. The van der Waals surface area contributed by atoms with E-state index in [9.17, 15) is 18.0 Å². The minimum atomic E-state index is -4.80. The van der Waals surface area contributed by atoms with Gasteiger partial charge >= 0.3 is 6.36 Å². The predicted molar refractivity (Wildman–Crippen MR) is 114 cm³/mol. The molecular weight excluding hydrogens is 450 g/mol. The van der Waals surface area contributed by atoms with E-state index in [-0.39, 0.29) is 18.1 Å². The van der Waals surface area contributed by atoms with Crippen molar-refractivity contribution in [1.29, 1.82) is 0 Å². The van der Waals surface area contributed by atoms with Crippen molar-refractivity contribution in [2.24, 2.45) is 0 Å². The van der Waals surface area contributed by atoms with Crippen LogP contribution in [-0.4, -0.2) is 12.3 Å². The summed E-state index contributed by atoms with van der Waals surface area (Å²) in [5, 5.41) is 3.87. The largest absolute Gasteiger partial charge is 0.573 e. The van der Waals surface area contributed by atoms with Gasteiger partial charge in [0.25, 0.3) is 0 Å². The lowest BCUT2D eigenvalue weighted by molar-refractivity contribution is -0.274. The van der Waals surface area contributed by atoms with Crippen molar-refractivity contribution < 1.29 is 22.7 Å². The molecule has 0 saturated carbocycles. The van der Waals surface area contributed by atoms with E-state index in [0.717, 1.165) is 11.1 Å². The fraction of sp³-hybridized carbons (Fsp3) is 0.174. The summed E-state index contributed by atoms with van der Waals surface area (Å²) in [7, 11) is 0. The Bertz CT molecular complexity index is 1150. The van der Waals surface area contributed by atoms with E-state index < -0.39 is 11.8 Å². The van der Waals surface area contributed by atoms with Gasteiger partial charge in [0, 0.05) is 15.7 Å². The molecule has 160 valence electrons. The molecular formula is C23H16Cl2F3NO2. The average Bonchev–Trinajstić information content (AvgIpc) is 2.91. The SMILES string of the molecule is O=C1Nc2cc(Cl)ccc2C1(Cc1cccc(Cl)c1)Cc1cccc(OC(F)(F)F)c1. The lowest BCUT2D eigenvalue weighted by Crippen LogP contribution is -2.39. The number of benzene rings is 3. The van der Waals surface area contributed by atoms with Crippen LogP contribution in [0.1, 0.15) is 16.7 Å². The van der Waals surface area contributed by atoms with Crippen LogP contribution >= 0.6 is 23.2 Å². The van der Waals surface area contributed by atoms with Crippen LogP contribution in [0.2, 0.25) is 10.0 Å². The van der Waals surface area contributed by atoms with Crippen LogP contribution < -0.4 is 10.1 Å². The summed E-state index contributed by atoms with van der Waals surface area (Å²) in [6.07, 6.45) is -4.33. The molecule has 3 nitrogen and oxygen atoms in total. The lowest BCUT2D eigenvalue weighted by Gasteiger charge is -2.28. The van der Waals surface area contributed by atoms with Crippen LogP contribution in [0.15, 0.2) is 66.7 Å². The summed E-state index contributed by atoms with van der Waals surface area (Å²) in [4.78, 5) is 13.3. The smallest absolute Gasteiger partial charge is 0.406 e. The van der Waals surface area contributed by atoms with Gasteiger partial charge in [-0.2, -0.15) is 0 Å². The molecule has 0 spiro atoms. The number of hydrogen-bond donors (Lipinski definition) is 1. The number of nitrogens with one attached hydrogen (secondary N) is 1. The minimum absolute atomic E-state index is 0.162. The van der Waals surface area contributed by atoms with Crippen LogP contribution in [0.5, 0.6) is 5.75 Å². The molecule has 4 rings (SSSR count). The summed E-state index contributed by atoms with van der Waals surface area (Å²) in [5.74, 6) is -0.593. The Morgan fingerprint density at radius 1 is 0.871 bits per heavy atom. The molecule has 1 heterocycles. The third-order valence-corrected chi connectivity index (χ3v) is 5.68. The maximum Gasteiger partial charge on any atom is 0.573 e. The van der Waals surface area contributed by atoms with E-state index in [1.807, 2.05) is 6.07 Å². The van der Waals surface area contributed by atoms with Gasteiger partial charge < -0.3 is 10.1 Å². The molecule has 1 aliphatic rings. The van der Waals surface area contributed by atoms with E-state index in [2.05, 4.69) is 10.1 Å². The zero-order valence-electron chi connectivity index (χ0n) is 16.0. The molecule has 1 aliphatic heterocycles. The topological polar surface area (TPSA) is 38.3 Å². The van der Waals surface area contributed by atoms with Gasteiger partial charge in [-0.05, 0) is 65.9 Å². The molecule has 1 N–H and O–H groups in total. The summed E-state index contributed by atoms with van der Waals surface area (Å²) >= 11 is 12.2. The Morgan fingerprint density at radius 2 is 1.52 bits per heavy atom. The summed E-state index contributed by atoms with van der Waals surface area (Å²) in [6.45, 7) is 0. The molecule has 0 radical (unpaired) electrons. The predicted octanol–water partition coefficient (Wildman–Crippen LogP) is 6.57. The first-order chi connectivity index (χ1) is 14.6. The zero-order chi connectivity index (χ0) is 22.2. The summed E-state index contributed by atoms with van der Waals surface area (Å²) in [6, 6.07) is 18.0. The van der Waals surface area contributed by atoms with Crippen molar-refractivity contribution in [2.45, 2.75) is 24.6 Å². The van der Waals surface area contributed by atoms with E-state index in [1.54, 1.807) is 42.5 Å². The summed E-state index contributed by atoms with van der Waals surface area (Å²) in [5.41, 5.74) is 1.61. The highest BCUT2D eigenvalue weighted by molar-refractivity contribution is 6.31. The van der Waals surface area contributed by atoms with Gasteiger partial charge in [0.2, 0.25) is 5.91 Å². The number of ether oxygens (including phenoxy) is 1. The van der Waals surface area contributed by atoms with Gasteiger partial charge in [-0.3, -0.25) is 4.79 Å². The monoisotopic (exact) mass is 465 g/mol. The Morgan fingerprint density at radius 3 is 2.19 bits per heavy atom. The van der Waals surface area contributed by atoms with Crippen LogP contribution in [0, 0.1) is 0 Å².